The number of rotatable bonds is 6. The molecule has 8 heteroatoms. The van der Waals surface area contributed by atoms with Crippen LogP contribution in [0.1, 0.15) is 45.4 Å². The Morgan fingerprint density at radius 2 is 2.03 bits per heavy atom. The Bertz CT molecular complexity index is 829. The second-order valence-corrected chi connectivity index (χ2v) is 8.44. The SMILES string of the molecule is C[C@H](OC(=O)CCN1C(=O)CSc2ccccc21)C(=O)NC1(C#N)CCCCC1. The van der Waals surface area contributed by atoms with E-state index in [9.17, 15) is 19.6 Å². The van der Waals surface area contributed by atoms with Crippen molar-refractivity contribution < 1.29 is 19.1 Å². The van der Waals surface area contributed by atoms with Crippen molar-refractivity contribution in [2.24, 2.45) is 0 Å². The zero-order valence-corrected chi connectivity index (χ0v) is 17.3. The summed E-state index contributed by atoms with van der Waals surface area (Å²) in [4.78, 5) is 39.5. The number of nitrogens with one attached hydrogen (secondary N) is 1. The van der Waals surface area contributed by atoms with Gasteiger partial charge in [-0.3, -0.25) is 14.4 Å². The highest BCUT2D eigenvalue weighted by Crippen LogP contribution is 2.35. The Hall–Kier alpha value is -2.53. The second kappa shape index (κ2) is 9.31. The molecule has 154 valence electrons. The Balaban J connectivity index is 1.52. The van der Waals surface area contributed by atoms with E-state index in [4.69, 9.17) is 4.74 Å². The lowest BCUT2D eigenvalue weighted by Gasteiger charge is -2.32. The van der Waals surface area contributed by atoms with Gasteiger partial charge in [0.1, 0.15) is 5.54 Å². The Morgan fingerprint density at radius 1 is 1.31 bits per heavy atom. The minimum absolute atomic E-state index is 0.00818. The van der Waals surface area contributed by atoms with Crippen molar-refractivity contribution in [1.82, 2.24) is 5.32 Å². The molecule has 7 nitrogen and oxygen atoms in total. The predicted octanol–water partition coefficient (Wildman–Crippen LogP) is 2.79. The molecule has 0 spiro atoms. The second-order valence-electron chi connectivity index (χ2n) is 7.43. The largest absolute Gasteiger partial charge is 0.452 e. The van der Waals surface area contributed by atoms with Gasteiger partial charge >= 0.3 is 5.97 Å². The van der Waals surface area contributed by atoms with E-state index in [1.165, 1.54) is 18.7 Å². The van der Waals surface area contributed by atoms with Crippen LogP contribution in [-0.4, -0.2) is 41.7 Å². The first-order valence-electron chi connectivity index (χ1n) is 9.89. The van der Waals surface area contributed by atoms with Gasteiger partial charge in [-0.15, -0.1) is 11.8 Å². The summed E-state index contributed by atoms with van der Waals surface area (Å²) < 4.78 is 5.25. The minimum atomic E-state index is -0.991. The number of hydrogen-bond acceptors (Lipinski definition) is 6. The molecular formula is C21H25N3O4S. The quantitative estimate of drug-likeness (QED) is 0.717. The molecule has 3 rings (SSSR count). The van der Waals surface area contributed by atoms with Gasteiger partial charge in [-0.2, -0.15) is 5.26 Å². The number of hydrogen-bond donors (Lipinski definition) is 1. The summed E-state index contributed by atoms with van der Waals surface area (Å²) in [5.41, 5.74) is -0.0713. The van der Waals surface area contributed by atoms with E-state index >= 15 is 0 Å². The molecule has 1 aromatic rings. The third-order valence-corrected chi connectivity index (χ3v) is 6.36. The summed E-state index contributed by atoms with van der Waals surface area (Å²) in [7, 11) is 0. The molecule has 1 saturated carbocycles. The molecule has 0 bridgehead atoms. The van der Waals surface area contributed by atoms with E-state index in [0.29, 0.717) is 18.6 Å². The smallest absolute Gasteiger partial charge is 0.308 e. The van der Waals surface area contributed by atoms with Gasteiger partial charge < -0.3 is 15.0 Å². The molecule has 0 saturated heterocycles. The molecular weight excluding hydrogens is 390 g/mol. The number of nitrogens with zero attached hydrogens (tertiary/aromatic N) is 2. The zero-order chi connectivity index (χ0) is 20.9. The number of carbonyl (C=O) groups is 3. The van der Waals surface area contributed by atoms with Crippen molar-refractivity contribution in [2.75, 3.05) is 17.2 Å². The van der Waals surface area contributed by atoms with Crippen molar-refractivity contribution in [3.8, 4) is 6.07 Å². The van der Waals surface area contributed by atoms with E-state index in [1.54, 1.807) is 4.90 Å². The molecule has 1 heterocycles. The summed E-state index contributed by atoms with van der Waals surface area (Å²) in [5.74, 6) is -0.731. The maximum absolute atomic E-state index is 12.4. The van der Waals surface area contributed by atoms with Crippen molar-refractivity contribution in [3.05, 3.63) is 24.3 Å². The van der Waals surface area contributed by atoms with E-state index in [1.807, 2.05) is 24.3 Å². The molecule has 1 aliphatic carbocycles. The first-order chi connectivity index (χ1) is 13.9. The molecule has 1 aliphatic heterocycles. The highest BCUT2D eigenvalue weighted by atomic mass is 32.2. The van der Waals surface area contributed by atoms with Crippen LogP contribution in [-0.2, 0) is 19.1 Å². The molecule has 1 fully saturated rings. The maximum Gasteiger partial charge on any atom is 0.308 e. The van der Waals surface area contributed by atoms with Crippen LogP contribution in [0.2, 0.25) is 0 Å². The number of fused-ring (bicyclic) bond motifs is 1. The minimum Gasteiger partial charge on any atom is -0.452 e. The van der Waals surface area contributed by atoms with Crippen molar-refractivity contribution >= 4 is 35.2 Å². The summed E-state index contributed by atoms with van der Waals surface area (Å²) >= 11 is 1.48. The lowest BCUT2D eigenvalue weighted by Crippen LogP contribution is -2.52. The van der Waals surface area contributed by atoms with Crippen molar-refractivity contribution in [1.29, 1.82) is 5.26 Å². The average molecular weight is 416 g/mol. The highest BCUT2D eigenvalue weighted by Gasteiger charge is 2.35. The molecule has 1 N–H and O–H groups in total. The fourth-order valence-electron chi connectivity index (χ4n) is 3.67. The van der Waals surface area contributed by atoms with E-state index < -0.39 is 23.5 Å². The number of esters is 1. The van der Waals surface area contributed by atoms with Crippen LogP contribution >= 0.6 is 11.8 Å². The standard InChI is InChI=1S/C21H25N3O4S/c1-15(20(27)23-21(14-22)10-5-2-6-11-21)28-19(26)9-12-24-16-7-3-4-8-17(16)29-13-18(24)25/h3-4,7-8,15H,2,5-6,9-13H2,1H3,(H,23,27)/t15-/m0/s1. The number of nitriles is 1. The highest BCUT2D eigenvalue weighted by molar-refractivity contribution is 8.00. The number of benzene rings is 1. The van der Waals surface area contributed by atoms with Gasteiger partial charge in [-0.25, -0.2) is 0 Å². The molecule has 1 aromatic carbocycles. The summed E-state index contributed by atoms with van der Waals surface area (Å²) in [6, 6.07) is 9.78. The van der Waals surface area contributed by atoms with Crippen LogP contribution in [0.15, 0.2) is 29.2 Å². The molecule has 2 aliphatic rings. The van der Waals surface area contributed by atoms with Gasteiger partial charge in [0.2, 0.25) is 5.91 Å². The van der Waals surface area contributed by atoms with E-state index in [2.05, 4.69) is 11.4 Å². The lowest BCUT2D eigenvalue weighted by molar-refractivity contribution is -0.155. The van der Waals surface area contributed by atoms with Crippen LogP contribution < -0.4 is 10.2 Å². The molecule has 0 aromatic heterocycles. The Morgan fingerprint density at radius 3 is 2.76 bits per heavy atom. The van der Waals surface area contributed by atoms with Crippen LogP contribution in [0.3, 0.4) is 0 Å². The molecule has 2 amide bonds. The van der Waals surface area contributed by atoms with Gasteiger partial charge in [-0.1, -0.05) is 31.4 Å². The Kier molecular flexibility index (Phi) is 6.80. The number of ether oxygens (including phenoxy) is 1. The van der Waals surface area contributed by atoms with Crippen LogP contribution in [0, 0.1) is 11.3 Å². The third-order valence-electron chi connectivity index (χ3n) is 5.31. The number of para-hydroxylation sites is 1. The number of thioether (sulfide) groups is 1. The van der Waals surface area contributed by atoms with E-state index in [0.717, 1.165) is 29.8 Å². The number of amides is 2. The normalized spacial score (nSPS) is 18.9. The third kappa shape index (κ3) is 5.10. The fraction of sp³-hybridized carbons (Fsp3) is 0.524. The zero-order valence-electron chi connectivity index (χ0n) is 16.5. The summed E-state index contributed by atoms with van der Waals surface area (Å²) in [6.45, 7) is 1.70. The Labute approximate surface area is 174 Å². The van der Waals surface area contributed by atoms with Crippen molar-refractivity contribution in [3.63, 3.8) is 0 Å². The monoisotopic (exact) mass is 415 g/mol. The van der Waals surface area contributed by atoms with Gasteiger partial charge in [0, 0.05) is 11.4 Å². The molecule has 0 unspecified atom stereocenters. The van der Waals surface area contributed by atoms with Gasteiger partial charge in [0.25, 0.3) is 5.91 Å². The molecule has 0 radical (unpaired) electrons. The first-order valence-corrected chi connectivity index (χ1v) is 10.9. The summed E-state index contributed by atoms with van der Waals surface area (Å²) in [5, 5.41) is 12.2. The first kappa shape index (κ1) is 21.2. The van der Waals surface area contributed by atoms with E-state index in [-0.39, 0.29) is 18.9 Å². The molecule has 29 heavy (non-hydrogen) atoms. The van der Waals surface area contributed by atoms with Crippen molar-refractivity contribution in [2.45, 2.75) is 62.0 Å². The molecule has 1 atom stereocenters. The van der Waals surface area contributed by atoms with Crippen LogP contribution in [0.25, 0.3) is 0 Å². The van der Waals surface area contributed by atoms with Gasteiger partial charge in [0.05, 0.1) is 23.9 Å². The van der Waals surface area contributed by atoms with Crippen LogP contribution in [0.5, 0.6) is 0 Å². The van der Waals surface area contributed by atoms with Gasteiger partial charge in [-0.05, 0) is 31.9 Å². The lowest BCUT2D eigenvalue weighted by atomic mass is 9.83. The number of anilines is 1. The summed E-state index contributed by atoms with van der Waals surface area (Å²) in [6.07, 6.45) is 3.08. The van der Waals surface area contributed by atoms with Gasteiger partial charge in [0.15, 0.2) is 6.10 Å². The topological polar surface area (TPSA) is 99.5 Å². The maximum atomic E-state index is 12.4. The average Bonchev–Trinajstić information content (AvgIpc) is 2.73. The number of carbonyl (C=O) groups excluding carboxylic acids is 3. The predicted molar refractivity (Wildman–Crippen MR) is 109 cm³/mol. The fourth-order valence-corrected chi connectivity index (χ4v) is 4.61. The van der Waals surface area contributed by atoms with Crippen LogP contribution in [0.4, 0.5) is 5.69 Å².